The van der Waals surface area contributed by atoms with Crippen molar-refractivity contribution in [3.05, 3.63) is 60.1 Å². The number of aromatic nitrogens is 1. The Kier molecular flexibility index (Phi) is 4.17. The second-order valence-electron chi connectivity index (χ2n) is 5.07. The topological polar surface area (TPSA) is 116 Å². The van der Waals surface area contributed by atoms with Gasteiger partial charge in [0, 0.05) is 11.8 Å². The normalized spacial score (nSPS) is 13.2. The van der Waals surface area contributed by atoms with Crippen LogP contribution in [-0.2, 0) is 0 Å². The number of nitrogens with one attached hydrogen (secondary N) is 1. The van der Waals surface area contributed by atoms with Gasteiger partial charge in [0.15, 0.2) is 11.5 Å². The van der Waals surface area contributed by atoms with Crippen LogP contribution in [0.15, 0.2) is 58.7 Å². The van der Waals surface area contributed by atoms with Crippen molar-refractivity contribution in [3.8, 4) is 11.5 Å². The molecule has 2 aromatic rings. The first kappa shape index (κ1) is 16.2. The Morgan fingerprint density at radius 2 is 2.04 bits per heavy atom. The number of allylic oxidation sites excluding steroid dienone is 1. The molecule has 0 radical (unpaired) electrons. The smallest absolute Gasteiger partial charge is 0.354 e. The van der Waals surface area contributed by atoms with Crippen molar-refractivity contribution in [2.45, 2.75) is 0 Å². The Bertz CT molecular complexity index is 934. The van der Waals surface area contributed by atoms with Gasteiger partial charge < -0.3 is 20.3 Å². The molecule has 0 amide bonds. The molecular formula is C17H14N4O4. The van der Waals surface area contributed by atoms with Gasteiger partial charge in [-0.1, -0.05) is 12.6 Å². The number of ether oxygens (including phenoxy) is 1. The molecule has 0 spiro atoms. The van der Waals surface area contributed by atoms with Crippen LogP contribution in [0.3, 0.4) is 0 Å². The molecule has 1 aromatic carbocycles. The molecule has 0 fully saturated rings. The molecule has 8 heteroatoms. The van der Waals surface area contributed by atoms with Gasteiger partial charge in [-0.25, -0.2) is 19.8 Å². The lowest BCUT2D eigenvalue weighted by Crippen LogP contribution is -2.09. The Hall–Kier alpha value is -3.68. The van der Waals surface area contributed by atoms with E-state index < -0.39 is 5.97 Å². The minimum Gasteiger partial charge on any atom is -0.504 e. The molecule has 0 saturated carbocycles. The van der Waals surface area contributed by atoms with Crippen LogP contribution in [0.4, 0.5) is 5.69 Å². The maximum Gasteiger partial charge on any atom is 0.354 e. The summed E-state index contributed by atoms with van der Waals surface area (Å²) in [6.07, 6.45) is 0. The summed E-state index contributed by atoms with van der Waals surface area (Å²) in [5.74, 6) is -0.524. The van der Waals surface area contributed by atoms with Crippen LogP contribution < -0.4 is 10.1 Å². The number of rotatable bonds is 4. The highest BCUT2D eigenvalue weighted by Gasteiger charge is 2.19. The lowest BCUT2D eigenvalue weighted by molar-refractivity contribution is 0.0690. The van der Waals surface area contributed by atoms with Crippen molar-refractivity contribution in [3.63, 3.8) is 0 Å². The quantitative estimate of drug-likeness (QED) is 0.736. The zero-order valence-electron chi connectivity index (χ0n) is 13.2. The first-order valence-electron chi connectivity index (χ1n) is 7.19. The third kappa shape index (κ3) is 3.32. The number of guanidine groups is 1. The Morgan fingerprint density at radius 1 is 1.24 bits per heavy atom. The third-order valence-electron chi connectivity index (χ3n) is 3.38. The van der Waals surface area contributed by atoms with Crippen LogP contribution in [0, 0.1) is 0 Å². The lowest BCUT2D eigenvalue weighted by atomic mass is 10.2. The largest absolute Gasteiger partial charge is 0.504 e. The predicted octanol–water partition coefficient (Wildman–Crippen LogP) is 2.28. The van der Waals surface area contributed by atoms with Gasteiger partial charge in [0.1, 0.15) is 11.4 Å². The molecule has 0 bridgehead atoms. The minimum absolute atomic E-state index is 0.0182. The van der Waals surface area contributed by atoms with Crippen LogP contribution in [0.2, 0.25) is 0 Å². The number of methoxy groups -OCH3 is 1. The number of pyridine rings is 1. The zero-order chi connectivity index (χ0) is 18.0. The first-order valence-corrected chi connectivity index (χ1v) is 7.19. The van der Waals surface area contributed by atoms with Crippen LogP contribution in [0.1, 0.15) is 16.2 Å². The molecule has 1 aromatic heterocycles. The average Bonchev–Trinajstić information content (AvgIpc) is 2.97. The van der Waals surface area contributed by atoms with Gasteiger partial charge in [0.25, 0.3) is 0 Å². The fraction of sp³-hybridized carbons (Fsp3) is 0.0588. The summed E-state index contributed by atoms with van der Waals surface area (Å²) in [6.45, 7) is 3.82. The van der Waals surface area contributed by atoms with Gasteiger partial charge in [0.05, 0.1) is 18.5 Å². The van der Waals surface area contributed by atoms with Crippen molar-refractivity contribution in [2.75, 3.05) is 12.4 Å². The molecule has 8 nitrogen and oxygen atoms in total. The number of hydrogen-bond acceptors (Lipinski definition) is 7. The summed E-state index contributed by atoms with van der Waals surface area (Å²) >= 11 is 0. The van der Waals surface area contributed by atoms with Gasteiger partial charge >= 0.3 is 5.97 Å². The summed E-state index contributed by atoms with van der Waals surface area (Å²) < 4.78 is 5.05. The van der Waals surface area contributed by atoms with Crippen molar-refractivity contribution in [1.29, 1.82) is 0 Å². The maximum atomic E-state index is 11.0. The predicted molar refractivity (Wildman–Crippen MR) is 92.6 cm³/mol. The SMILES string of the molecule is C=C1N=C(Nc2ccc(O)c(OC)c2)N=C1c1cccc(C(=O)O)n1. The van der Waals surface area contributed by atoms with E-state index in [1.165, 1.54) is 19.2 Å². The van der Waals surface area contributed by atoms with Crippen LogP contribution in [0.25, 0.3) is 0 Å². The van der Waals surface area contributed by atoms with Crippen LogP contribution in [0.5, 0.6) is 11.5 Å². The van der Waals surface area contributed by atoms with E-state index in [0.29, 0.717) is 28.5 Å². The number of hydrogen-bond donors (Lipinski definition) is 3. The Morgan fingerprint density at radius 3 is 2.76 bits per heavy atom. The van der Waals surface area contributed by atoms with Gasteiger partial charge in [-0.2, -0.15) is 0 Å². The number of phenolic OH excluding ortho intramolecular Hbond substituents is 1. The highest BCUT2D eigenvalue weighted by Crippen LogP contribution is 2.29. The molecule has 1 aliphatic rings. The third-order valence-corrected chi connectivity index (χ3v) is 3.38. The standard InChI is InChI=1S/C17H14N4O4/c1-9-15(11-4-3-5-12(20-11)16(23)24)21-17(18-9)19-10-6-7-13(22)14(8-10)25-2/h3-8,22H,1H2,2H3,(H,18,19)(H,23,24). The molecule has 2 heterocycles. The average molecular weight is 338 g/mol. The highest BCUT2D eigenvalue weighted by atomic mass is 16.5. The molecule has 1 aliphatic heterocycles. The molecule has 0 saturated heterocycles. The van der Waals surface area contributed by atoms with E-state index >= 15 is 0 Å². The number of carboxylic acid groups (broad SMARTS) is 1. The van der Waals surface area contributed by atoms with Crippen molar-refractivity contribution < 1.29 is 19.7 Å². The zero-order valence-corrected chi connectivity index (χ0v) is 13.2. The van der Waals surface area contributed by atoms with E-state index in [0.717, 1.165) is 0 Å². The molecule has 126 valence electrons. The molecule has 3 N–H and O–H groups in total. The number of aromatic carboxylic acids is 1. The van der Waals surface area contributed by atoms with E-state index in [1.54, 1.807) is 24.3 Å². The van der Waals surface area contributed by atoms with Gasteiger partial charge in [-0.05, 0) is 24.3 Å². The minimum atomic E-state index is -1.12. The van der Waals surface area contributed by atoms with Crippen molar-refractivity contribution in [2.24, 2.45) is 9.98 Å². The highest BCUT2D eigenvalue weighted by molar-refractivity contribution is 6.22. The second kappa shape index (κ2) is 6.44. The number of carboxylic acids is 1. The summed E-state index contributed by atoms with van der Waals surface area (Å²) in [4.78, 5) is 23.6. The molecule has 0 unspecified atom stereocenters. The molecule has 3 rings (SSSR count). The molecule has 25 heavy (non-hydrogen) atoms. The van der Waals surface area contributed by atoms with E-state index in [9.17, 15) is 9.90 Å². The number of nitrogens with zero attached hydrogens (tertiary/aromatic N) is 3. The second-order valence-corrected chi connectivity index (χ2v) is 5.07. The fourth-order valence-corrected chi connectivity index (χ4v) is 2.21. The van der Waals surface area contributed by atoms with E-state index in [4.69, 9.17) is 9.84 Å². The fourth-order valence-electron chi connectivity index (χ4n) is 2.21. The maximum absolute atomic E-state index is 11.0. The Balaban J connectivity index is 1.86. The monoisotopic (exact) mass is 338 g/mol. The summed E-state index contributed by atoms with van der Waals surface area (Å²) in [7, 11) is 1.45. The number of aliphatic imine (C=N–C) groups is 2. The van der Waals surface area contributed by atoms with Gasteiger partial charge in [-0.3, -0.25) is 0 Å². The van der Waals surface area contributed by atoms with Gasteiger partial charge in [0.2, 0.25) is 5.96 Å². The first-order chi connectivity index (χ1) is 12.0. The van der Waals surface area contributed by atoms with Crippen molar-refractivity contribution >= 4 is 23.3 Å². The molecule has 0 atom stereocenters. The number of phenols is 1. The summed E-state index contributed by atoms with van der Waals surface area (Å²) in [5, 5.41) is 21.6. The van der Waals surface area contributed by atoms with Crippen molar-refractivity contribution in [1.82, 2.24) is 4.98 Å². The number of anilines is 1. The van der Waals surface area contributed by atoms with Crippen LogP contribution in [-0.4, -0.2) is 39.9 Å². The Labute approximate surface area is 142 Å². The number of aromatic hydroxyl groups is 1. The van der Waals surface area contributed by atoms with E-state index in [-0.39, 0.29) is 17.4 Å². The number of carbonyl (C=O) groups is 1. The summed E-state index contributed by atoms with van der Waals surface area (Å²) in [6, 6.07) is 9.33. The number of benzene rings is 1. The van der Waals surface area contributed by atoms with E-state index in [1.807, 2.05) is 0 Å². The lowest BCUT2D eigenvalue weighted by Gasteiger charge is -2.07. The molecule has 0 aliphatic carbocycles. The van der Waals surface area contributed by atoms with Crippen LogP contribution >= 0.6 is 0 Å². The summed E-state index contributed by atoms with van der Waals surface area (Å²) in [5.41, 5.74) is 1.64. The van der Waals surface area contributed by atoms with E-state index in [2.05, 4.69) is 26.9 Å². The van der Waals surface area contributed by atoms with Gasteiger partial charge in [-0.15, -0.1) is 0 Å². The molecular weight excluding hydrogens is 324 g/mol.